The molecule has 0 atom stereocenters. The second-order valence-corrected chi connectivity index (χ2v) is 5.69. The Morgan fingerprint density at radius 2 is 2.00 bits per heavy atom. The minimum Gasteiger partial charge on any atom is -0.480 e. The van der Waals surface area contributed by atoms with Gasteiger partial charge in [0.1, 0.15) is 5.54 Å². The van der Waals surface area contributed by atoms with Crippen molar-refractivity contribution in [1.29, 1.82) is 5.26 Å². The maximum atomic E-state index is 12.4. The highest BCUT2D eigenvalue weighted by Gasteiger charge is 2.36. The van der Waals surface area contributed by atoms with Crippen LogP contribution in [0.25, 0.3) is 0 Å². The molecule has 1 aromatic rings. The minimum atomic E-state index is -1.30. The quantitative estimate of drug-likeness (QED) is 0.842. The molecule has 0 aliphatic carbocycles. The van der Waals surface area contributed by atoms with Crippen LogP contribution < -0.4 is 0 Å². The van der Waals surface area contributed by atoms with Gasteiger partial charge in [-0.3, -0.25) is 4.79 Å². The molecule has 1 N–H and O–H groups in total. The van der Waals surface area contributed by atoms with Crippen LogP contribution in [0.2, 0.25) is 0 Å². The largest absolute Gasteiger partial charge is 0.480 e. The molecule has 0 aliphatic rings. The van der Waals surface area contributed by atoms with Crippen molar-refractivity contribution in [3.63, 3.8) is 0 Å². The standard InChI is InChI=1S/C14H16N2O3S/c1-14(2,13(18)19)16(3)12(17)10-6-4-5-7-11(10)20-9-8-15/h4-7H,9H2,1-3H3,(H,18,19). The van der Waals surface area contributed by atoms with Crippen LogP contribution in [0.15, 0.2) is 29.2 Å². The molecule has 5 nitrogen and oxygen atoms in total. The van der Waals surface area contributed by atoms with Gasteiger partial charge in [0.2, 0.25) is 0 Å². The summed E-state index contributed by atoms with van der Waals surface area (Å²) in [6.07, 6.45) is 0. The summed E-state index contributed by atoms with van der Waals surface area (Å²) in [5.74, 6) is -1.22. The Bertz CT molecular complexity index is 564. The van der Waals surface area contributed by atoms with Gasteiger partial charge in [0.05, 0.1) is 17.4 Å². The summed E-state index contributed by atoms with van der Waals surface area (Å²) >= 11 is 1.26. The summed E-state index contributed by atoms with van der Waals surface area (Å²) < 4.78 is 0. The molecule has 0 fully saturated rings. The number of hydrogen-bond acceptors (Lipinski definition) is 4. The molecule has 6 heteroatoms. The highest BCUT2D eigenvalue weighted by atomic mass is 32.2. The molecule has 1 amide bonds. The third-order valence-corrected chi connectivity index (χ3v) is 4.02. The Kier molecular flexibility index (Phi) is 5.17. The van der Waals surface area contributed by atoms with Gasteiger partial charge in [-0.15, -0.1) is 11.8 Å². The molecule has 0 heterocycles. The molecule has 0 unspecified atom stereocenters. The van der Waals surface area contributed by atoms with E-state index in [-0.39, 0.29) is 11.7 Å². The molecule has 20 heavy (non-hydrogen) atoms. The van der Waals surface area contributed by atoms with E-state index in [0.717, 1.165) is 0 Å². The second-order valence-electron chi connectivity index (χ2n) is 4.67. The normalized spacial score (nSPS) is 10.7. The van der Waals surface area contributed by atoms with Crippen LogP contribution in [0.4, 0.5) is 0 Å². The van der Waals surface area contributed by atoms with E-state index >= 15 is 0 Å². The maximum absolute atomic E-state index is 12.4. The van der Waals surface area contributed by atoms with Crippen LogP contribution in [0.5, 0.6) is 0 Å². The highest BCUT2D eigenvalue weighted by molar-refractivity contribution is 7.99. The zero-order chi connectivity index (χ0) is 15.3. The van der Waals surface area contributed by atoms with Gasteiger partial charge in [-0.1, -0.05) is 12.1 Å². The molecule has 0 aromatic heterocycles. The number of carboxylic acids is 1. The monoisotopic (exact) mass is 292 g/mol. The van der Waals surface area contributed by atoms with Gasteiger partial charge >= 0.3 is 5.97 Å². The summed E-state index contributed by atoms with van der Waals surface area (Å²) in [5, 5.41) is 17.8. The highest BCUT2D eigenvalue weighted by Crippen LogP contribution is 2.25. The maximum Gasteiger partial charge on any atom is 0.329 e. The predicted molar refractivity (Wildman–Crippen MR) is 76.6 cm³/mol. The fourth-order valence-electron chi connectivity index (χ4n) is 1.46. The third-order valence-electron chi connectivity index (χ3n) is 3.08. The van der Waals surface area contributed by atoms with Gasteiger partial charge in [-0.25, -0.2) is 4.79 Å². The number of hydrogen-bond donors (Lipinski definition) is 1. The van der Waals surface area contributed by atoms with Crippen molar-refractivity contribution in [2.24, 2.45) is 0 Å². The molecule has 1 aromatic carbocycles. The number of rotatable bonds is 5. The van der Waals surface area contributed by atoms with Crippen LogP contribution in [-0.4, -0.2) is 40.2 Å². The third kappa shape index (κ3) is 3.31. The Labute approximate surface area is 122 Å². The van der Waals surface area contributed by atoms with E-state index in [2.05, 4.69) is 0 Å². The van der Waals surface area contributed by atoms with Gasteiger partial charge in [0.25, 0.3) is 5.91 Å². The Balaban J connectivity index is 3.10. The number of likely N-dealkylation sites (N-methyl/N-ethyl adjacent to an activating group) is 1. The van der Waals surface area contributed by atoms with Crippen molar-refractivity contribution in [3.8, 4) is 6.07 Å². The number of carboxylic acid groups (broad SMARTS) is 1. The first kappa shape index (κ1) is 16.1. The molecule has 0 spiro atoms. The van der Waals surface area contributed by atoms with E-state index < -0.39 is 11.5 Å². The lowest BCUT2D eigenvalue weighted by molar-refractivity contribution is -0.147. The molecular formula is C14H16N2O3S. The zero-order valence-corrected chi connectivity index (χ0v) is 12.4. The summed E-state index contributed by atoms with van der Waals surface area (Å²) in [6, 6.07) is 8.88. The second kappa shape index (κ2) is 6.44. The molecule has 0 bridgehead atoms. The summed E-state index contributed by atoms with van der Waals surface area (Å²) in [7, 11) is 1.46. The first-order chi connectivity index (χ1) is 9.32. The van der Waals surface area contributed by atoms with Crippen molar-refractivity contribution in [3.05, 3.63) is 29.8 Å². The number of thioether (sulfide) groups is 1. The van der Waals surface area contributed by atoms with E-state index in [0.29, 0.717) is 10.5 Å². The van der Waals surface area contributed by atoms with E-state index in [1.54, 1.807) is 24.3 Å². The minimum absolute atomic E-state index is 0.232. The van der Waals surface area contributed by atoms with E-state index in [9.17, 15) is 14.7 Å². The van der Waals surface area contributed by atoms with E-state index in [1.807, 2.05) is 6.07 Å². The van der Waals surface area contributed by atoms with Crippen molar-refractivity contribution in [2.45, 2.75) is 24.3 Å². The smallest absolute Gasteiger partial charge is 0.329 e. The van der Waals surface area contributed by atoms with E-state index in [4.69, 9.17) is 5.26 Å². The Morgan fingerprint density at radius 1 is 1.40 bits per heavy atom. The van der Waals surface area contributed by atoms with Crippen molar-refractivity contribution >= 4 is 23.6 Å². The molecule has 0 saturated carbocycles. The lowest BCUT2D eigenvalue weighted by Gasteiger charge is -2.32. The lowest BCUT2D eigenvalue weighted by atomic mass is 10.0. The van der Waals surface area contributed by atoms with Crippen LogP contribution in [0.1, 0.15) is 24.2 Å². The van der Waals surface area contributed by atoms with Gasteiger partial charge in [-0.2, -0.15) is 5.26 Å². The molecule has 0 saturated heterocycles. The van der Waals surface area contributed by atoms with Gasteiger partial charge in [0.15, 0.2) is 0 Å². The Hall–Kier alpha value is -2.00. The zero-order valence-electron chi connectivity index (χ0n) is 11.6. The number of nitrogens with zero attached hydrogens (tertiary/aromatic N) is 2. The van der Waals surface area contributed by atoms with Crippen LogP contribution in [0, 0.1) is 11.3 Å². The first-order valence-corrected chi connectivity index (χ1v) is 6.91. The topological polar surface area (TPSA) is 81.4 Å². The fraction of sp³-hybridized carbons (Fsp3) is 0.357. The number of carbonyl (C=O) groups excluding carboxylic acids is 1. The van der Waals surface area contributed by atoms with Crippen LogP contribution >= 0.6 is 11.8 Å². The summed E-state index contributed by atoms with van der Waals surface area (Å²) in [5.41, 5.74) is -0.894. The SMILES string of the molecule is CN(C(=O)c1ccccc1SCC#N)C(C)(C)C(=O)O. The number of aliphatic carboxylic acids is 1. The van der Waals surface area contributed by atoms with Crippen LogP contribution in [-0.2, 0) is 4.79 Å². The van der Waals surface area contributed by atoms with Gasteiger partial charge < -0.3 is 10.0 Å². The molecular weight excluding hydrogens is 276 g/mol. The summed E-state index contributed by atoms with van der Waals surface area (Å²) in [6.45, 7) is 2.94. The average Bonchev–Trinajstić information content (AvgIpc) is 2.43. The number of benzene rings is 1. The molecule has 1 rings (SSSR count). The van der Waals surface area contributed by atoms with Gasteiger partial charge in [-0.05, 0) is 26.0 Å². The number of amides is 1. The predicted octanol–water partition coefficient (Wildman–Crippen LogP) is 2.24. The van der Waals surface area contributed by atoms with Crippen LogP contribution in [0.3, 0.4) is 0 Å². The molecule has 0 radical (unpaired) electrons. The van der Waals surface area contributed by atoms with E-state index in [1.165, 1.54) is 37.6 Å². The number of nitriles is 1. The average molecular weight is 292 g/mol. The number of carbonyl (C=O) groups is 2. The summed E-state index contributed by atoms with van der Waals surface area (Å²) in [4.78, 5) is 25.5. The first-order valence-electron chi connectivity index (χ1n) is 5.92. The van der Waals surface area contributed by atoms with Crippen molar-refractivity contribution < 1.29 is 14.7 Å². The Morgan fingerprint density at radius 3 is 2.55 bits per heavy atom. The van der Waals surface area contributed by atoms with Crippen molar-refractivity contribution in [1.82, 2.24) is 4.90 Å². The fourth-order valence-corrected chi connectivity index (χ4v) is 2.16. The molecule has 0 aliphatic heterocycles. The van der Waals surface area contributed by atoms with Crippen molar-refractivity contribution in [2.75, 3.05) is 12.8 Å². The lowest BCUT2D eigenvalue weighted by Crippen LogP contribution is -2.50. The molecule has 106 valence electrons. The van der Waals surface area contributed by atoms with Gasteiger partial charge in [0, 0.05) is 11.9 Å².